The van der Waals surface area contributed by atoms with Crippen molar-refractivity contribution in [3.05, 3.63) is 146 Å². The maximum Gasteiger partial charge on any atom is 0.137 e. The summed E-state index contributed by atoms with van der Waals surface area (Å²) in [5.41, 5.74) is 7.27. The van der Waals surface area contributed by atoms with Gasteiger partial charge in [-0.05, 0) is 75.6 Å². The van der Waals surface area contributed by atoms with Gasteiger partial charge in [0.05, 0.1) is 12.8 Å². The fraction of sp³-hybridized carbons (Fsp3) is 0.0256. The molecule has 0 N–H and O–H groups in total. The first-order valence-electron chi connectivity index (χ1n) is 14.1. The molecule has 8 aromatic rings. The number of hydrogen-bond donors (Lipinski definition) is 0. The van der Waals surface area contributed by atoms with Crippen LogP contribution in [-0.2, 0) is 0 Å². The summed E-state index contributed by atoms with van der Waals surface area (Å²) in [5, 5.41) is 7.07. The number of hydrogen-bond acceptors (Lipinski definition) is 3. The van der Waals surface area contributed by atoms with Crippen LogP contribution in [0.1, 0.15) is 0 Å². The second-order valence-corrected chi connectivity index (χ2v) is 10.5. The van der Waals surface area contributed by atoms with Crippen molar-refractivity contribution in [2.75, 3.05) is 12.0 Å². The first kappa shape index (κ1) is 24.3. The highest BCUT2D eigenvalue weighted by Crippen LogP contribution is 2.47. The third-order valence-corrected chi connectivity index (χ3v) is 8.16. The Morgan fingerprint density at radius 3 is 1.95 bits per heavy atom. The van der Waals surface area contributed by atoms with Gasteiger partial charge in [0.25, 0.3) is 0 Å². The largest absolute Gasteiger partial charge is 0.497 e. The van der Waals surface area contributed by atoms with Gasteiger partial charge in [0.1, 0.15) is 16.9 Å². The van der Waals surface area contributed by atoms with Crippen LogP contribution >= 0.6 is 0 Å². The van der Waals surface area contributed by atoms with Crippen molar-refractivity contribution in [3.63, 3.8) is 0 Å². The van der Waals surface area contributed by atoms with Crippen LogP contribution in [0.5, 0.6) is 5.75 Å². The van der Waals surface area contributed by atoms with E-state index in [-0.39, 0.29) is 0 Å². The Kier molecular flexibility index (Phi) is 5.68. The van der Waals surface area contributed by atoms with Gasteiger partial charge < -0.3 is 14.1 Å². The highest BCUT2D eigenvalue weighted by molar-refractivity contribution is 6.12. The monoisotopic (exact) mass is 541 g/mol. The maximum atomic E-state index is 6.35. The molecule has 0 saturated heterocycles. The van der Waals surface area contributed by atoms with E-state index in [1.54, 1.807) is 7.11 Å². The van der Waals surface area contributed by atoms with Gasteiger partial charge in [-0.15, -0.1) is 0 Å². The van der Waals surface area contributed by atoms with E-state index < -0.39 is 0 Å². The average Bonchev–Trinajstić information content (AvgIpc) is 3.43. The number of para-hydroxylation sites is 1. The number of rotatable bonds is 5. The summed E-state index contributed by atoms with van der Waals surface area (Å²) in [4.78, 5) is 2.33. The van der Waals surface area contributed by atoms with E-state index in [0.717, 1.165) is 44.8 Å². The SMILES string of the molecule is COc1ccc(N(c2ccc3c(c2)oc2ccccc23)c2ccc3ccccc3c2-c2cccc3ccccc23)cc1. The lowest BCUT2D eigenvalue weighted by molar-refractivity contribution is 0.415. The number of methoxy groups -OCH3 is 1. The van der Waals surface area contributed by atoms with E-state index in [9.17, 15) is 0 Å². The topological polar surface area (TPSA) is 25.6 Å². The molecule has 0 radical (unpaired) electrons. The molecule has 7 aromatic carbocycles. The normalized spacial score (nSPS) is 11.5. The van der Waals surface area contributed by atoms with Crippen LogP contribution in [0.25, 0.3) is 54.6 Å². The predicted molar refractivity (Wildman–Crippen MR) is 175 cm³/mol. The lowest BCUT2D eigenvalue weighted by atomic mass is 9.91. The number of ether oxygens (including phenoxy) is 1. The summed E-state index contributed by atoms with van der Waals surface area (Å²) in [6, 6.07) is 51.3. The first-order valence-corrected chi connectivity index (χ1v) is 14.1. The van der Waals surface area contributed by atoms with Gasteiger partial charge in [0, 0.05) is 33.8 Å². The zero-order valence-electron chi connectivity index (χ0n) is 23.1. The van der Waals surface area contributed by atoms with Gasteiger partial charge in [0.2, 0.25) is 0 Å². The molecule has 1 aromatic heterocycles. The molecule has 0 amide bonds. The van der Waals surface area contributed by atoms with E-state index >= 15 is 0 Å². The van der Waals surface area contributed by atoms with Crippen molar-refractivity contribution in [2.45, 2.75) is 0 Å². The van der Waals surface area contributed by atoms with Crippen LogP contribution in [0.15, 0.2) is 150 Å². The molecule has 8 rings (SSSR count). The minimum absolute atomic E-state index is 0.819. The quantitative estimate of drug-likeness (QED) is 0.217. The van der Waals surface area contributed by atoms with Crippen LogP contribution in [0.2, 0.25) is 0 Å². The Morgan fingerprint density at radius 1 is 0.500 bits per heavy atom. The summed E-state index contributed by atoms with van der Waals surface area (Å²) >= 11 is 0. The standard InChI is InChI=1S/C39H27NO2/c1-41-30-21-18-28(19-22-30)40(29-20-23-34-33-14-6-7-16-37(33)42-38(34)25-29)36-24-17-27-10-3-5-13-32(27)39(36)35-15-8-11-26-9-2-4-12-31(26)35/h2-25H,1H3. The summed E-state index contributed by atoms with van der Waals surface area (Å²) in [7, 11) is 1.70. The minimum atomic E-state index is 0.819. The van der Waals surface area contributed by atoms with Gasteiger partial charge in [0.15, 0.2) is 0 Å². The molecule has 0 unspecified atom stereocenters. The first-order chi connectivity index (χ1) is 20.8. The summed E-state index contributed by atoms with van der Waals surface area (Å²) in [6.07, 6.45) is 0. The summed E-state index contributed by atoms with van der Waals surface area (Å²) < 4.78 is 11.9. The molecule has 0 aliphatic heterocycles. The molecule has 0 atom stereocenters. The molecule has 3 nitrogen and oxygen atoms in total. The molecule has 3 heteroatoms. The van der Waals surface area contributed by atoms with Gasteiger partial charge in [-0.3, -0.25) is 0 Å². The molecule has 0 aliphatic rings. The molecule has 1 heterocycles. The van der Waals surface area contributed by atoms with E-state index in [1.165, 1.54) is 32.7 Å². The summed E-state index contributed by atoms with van der Waals surface area (Å²) in [5.74, 6) is 0.819. The number of anilines is 3. The molecule has 200 valence electrons. The number of furan rings is 1. The molecule has 42 heavy (non-hydrogen) atoms. The molecule has 0 spiro atoms. The lowest BCUT2D eigenvalue weighted by Gasteiger charge is -2.29. The predicted octanol–water partition coefficient (Wildman–Crippen LogP) is 11.0. The van der Waals surface area contributed by atoms with Gasteiger partial charge >= 0.3 is 0 Å². The molecule has 0 aliphatic carbocycles. The minimum Gasteiger partial charge on any atom is -0.497 e. The van der Waals surface area contributed by atoms with E-state index in [0.29, 0.717) is 0 Å². The second-order valence-electron chi connectivity index (χ2n) is 10.5. The number of fused-ring (bicyclic) bond motifs is 5. The zero-order valence-corrected chi connectivity index (χ0v) is 23.1. The van der Waals surface area contributed by atoms with Crippen LogP contribution in [0, 0.1) is 0 Å². The van der Waals surface area contributed by atoms with Crippen LogP contribution in [0.3, 0.4) is 0 Å². The number of benzene rings is 7. The average molecular weight is 542 g/mol. The molecule has 0 fully saturated rings. The molecule has 0 bridgehead atoms. The Balaban J connectivity index is 1.45. The Hall–Kier alpha value is -5.54. The zero-order chi connectivity index (χ0) is 28.0. The lowest BCUT2D eigenvalue weighted by Crippen LogP contribution is -2.11. The molecular weight excluding hydrogens is 514 g/mol. The maximum absolute atomic E-state index is 6.35. The van der Waals surface area contributed by atoms with Crippen molar-refractivity contribution in [3.8, 4) is 16.9 Å². The van der Waals surface area contributed by atoms with E-state index in [4.69, 9.17) is 9.15 Å². The Labute approximate surface area is 243 Å². The second kappa shape index (κ2) is 9.83. The highest BCUT2D eigenvalue weighted by atomic mass is 16.5. The van der Waals surface area contributed by atoms with Gasteiger partial charge in [-0.2, -0.15) is 0 Å². The molecular formula is C39H27NO2. The third kappa shape index (κ3) is 3.90. The highest BCUT2D eigenvalue weighted by Gasteiger charge is 2.21. The van der Waals surface area contributed by atoms with Crippen LogP contribution in [0.4, 0.5) is 17.1 Å². The fourth-order valence-electron chi connectivity index (χ4n) is 6.19. The van der Waals surface area contributed by atoms with E-state index in [2.05, 4.69) is 126 Å². The van der Waals surface area contributed by atoms with Crippen molar-refractivity contribution >= 4 is 60.5 Å². The van der Waals surface area contributed by atoms with Crippen molar-refractivity contribution in [2.24, 2.45) is 0 Å². The van der Waals surface area contributed by atoms with Crippen LogP contribution < -0.4 is 9.64 Å². The van der Waals surface area contributed by atoms with Crippen molar-refractivity contribution in [1.29, 1.82) is 0 Å². The smallest absolute Gasteiger partial charge is 0.137 e. The Bertz CT molecular complexity index is 2240. The van der Waals surface area contributed by atoms with Crippen molar-refractivity contribution < 1.29 is 9.15 Å². The van der Waals surface area contributed by atoms with Gasteiger partial charge in [-0.1, -0.05) is 91.0 Å². The fourth-order valence-corrected chi connectivity index (χ4v) is 6.19. The van der Waals surface area contributed by atoms with Gasteiger partial charge in [-0.25, -0.2) is 0 Å². The van der Waals surface area contributed by atoms with E-state index in [1.807, 2.05) is 24.3 Å². The summed E-state index contributed by atoms with van der Waals surface area (Å²) in [6.45, 7) is 0. The van der Waals surface area contributed by atoms with Crippen LogP contribution in [-0.4, -0.2) is 7.11 Å². The third-order valence-electron chi connectivity index (χ3n) is 8.16. The Morgan fingerprint density at radius 2 is 1.14 bits per heavy atom. The van der Waals surface area contributed by atoms with Crippen molar-refractivity contribution in [1.82, 2.24) is 0 Å². The number of nitrogens with zero attached hydrogens (tertiary/aromatic N) is 1. The molecule has 0 saturated carbocycles.